The van der Waals surface area contributed by atoms with Gasteiger partial charge in [0.05, 0.1) is 26.9 Å². The number of rotatable bonds is 8. The predicted octanol–water partition coefficient (Wildman–Crippen LogP) is 7.57. The zero-order valence-electron chi connectivity index (χ0n) is 23.0. The fraction of sp³-hybridized carbons (Fsp3) is 0.156. The smallest absolute Gasteiger partial charge is 0.437 e. The summed E-state index contributed by atoms with van der Waals surface area (Å²) in [5.41, 5.74) is -4.59. The Morgan fingerprint density at radius 1 is 0.837 bits per heavy atom. The first kappa shape index (κ1) is 30.5. The Labute approximate surface area is 249 Å². The minimum absolute atomic E-state index is 0.308. The summed E-state index contributed by atoms with van der Waals surface area (Å²) in [7, 11) is 4.56. The Morgan fingerprint density at radius 2 is 1.42 bits per heavy atom. The number of alkyl halides is 3. The van der Waals surface area contributed by atoms with Gasteiger partial charge in [-0.25, -0.2) is 0 Å². The van der Waals surface area contributed by atoms with Crippen molar-refractivity contribution in [2.75, 3.05) is 21.3 Å². The summed E-state index contributed by atoms with van der Waals surface area (Å²) >= 11 is 1.27. The molecule has 7 nitrogen and oxygen atoms in total. The highest BCUT2D eigenvalue weighted by Crippen LogP contribution is 2.56. The molecule has 2 aromatic carbocycles. The molecule has 0 spiro atoms. The lowest BCUT2D eigenvalue weighted by Gasteiger charge is -2.33. The second-order valence-electron chi connectivity index (χ2n) is 8.83. The highest BCUT2D eigenvalue weighted by molar-refractivity contribution is 7.13. The summed E-state index contributed by atoms with van der Waals surface area (Å²) in [4.78, 5) is 1.33. The van der Waals surface area contributed by atoms with Gasteiger partial charge < -0.3 is 18.9 Å². The molecule has 0 N–H and O–H groups in total. The van der Waals surface area contributed by atoms with Gasteiger partial charge in [0.15, 0.2) is 11.3 Å². The molecule has 4 rings (SSSR count). The van der Waals surface area contributed by atoms with Crippen molar-refractivity contribution in [2.45, 2.75) is 11.8 Å². The molecule has 43 heavy (non-hydrogen) atoms. The van der Waals surface area contributed by atoms with E-state index in [1.165, 1.54) is 81.2 Å². The summed E-state index contributed by atoms with van der Waals surface area (Å²) in [5, 5.41) is 28.7. The second-order valence-corrected chi connectivity index (χ2v) is 9.97. The van der Waals surface area contributed by atoms with Crippen LogP contribution >= 0.6 is 11.3 Å². The summed E-state index contributed by atoms with van der Waals surface area (Å²) in [6, 6.07) is 18.5. The van der Waals surface area contributed by atoms with Crippen LogP contribution in [0.4, 0.5) is 13.2 Å². The predicted molar refractivity (Wildman–Crippen MR) is 155 cm³/mol. The van der Waals surface area contributed by atoms with Gasteiger partial charge in [0.25, 0.3) is 5.60 Å². The number of allylic oxidation sites excluding steroid dienone is 2. The van der Waals surface area contributed by atoms with Crippen LogP contribution in [-0.4, -0.2) is 27.5 Å². The maximum Gasteiger partial charge on any atom is 0.437 e. The standard InChI is InChI=1S/C32H22F3N3O4S/c1-39-22-15-28(40-2)25(29(16-22)41-3)13-11-23-9-10-24(43-23)12-14-27-26(19-38)30(20(17-36)18-37)42-31(27,32(33,34)35)21-7-5-4-6-8-21/h4-16H,1-3H3/b13-11+,14-12+. The number of thiophene rings is 1. The molecule has 0 saturated heterocycles. The van der Waals surface area contributed by atoms with E-state index in [4.69, 9.17) is 18.9 Å². The number of benzene rings is 2. The number of hydrogen-bond donors (Lipinski definition) is 0. The van der Waals surface area contributed by atoms with E-state index in [1.807, 2.05) is 0 Å². The van der Waals surface area contributed by atoms with Crippen LogP contribution < -0.4 is 14.2 Å². The van der Waals surface area contributed by atoms with Gasteiger partial charge in [0, 0.05) is 33.0 Å². The molecule has 1 aliphatic rings. The SMILES string of the molecule is COc1cc(OC)c(/C=C/c2ccc(/C=C/C3=C(C#N)C(=C(C#N)C#N)OC3(c3ccccc3)C(F)(F)F)s2)c(OC)c1. The van der Waals surface area contributed by atoms with Crippen LogP contribution in [-0.2, 0) is 10.3 Å². The number of ether oxygens (including phenoxy) is 4. The van der Waals surface area contributed by atoms with Gasteiger partial charge in [-0.1, -0.05) is 36.4 Å². The lowest BCUT2D eigenvalue weighted by atomic mass is 9.84. The van der Waals surface area contributed by atoms with Gasteiger partial charge in [0.1, 0.15) is 41.0 Å². The van der Waals surface area contributed by atoms with Crippen molar-refractivity contribution in [3.8, 4) is 35.5 Å². The molecule has 0 saturated carbocycles. The van der Waals surface area contributed by atoms with Crippen LogP contribution in [0.5, 0.6) is 17.2 Å². The highest BCUT2D eigenvalue weighted by atomic mass is 32.1. The Balaban J connectivity index is 1.80. The van der Waals surface area contributed by atoms with Crippen molar-refractivity contribution < 1.29 is 32.1 Å². The molecule has 1 aromatic heterocycles. The highest BCUT2D eigenvalue weighted by Gasteiger charge is 2.65. The Bertz CT molecular complexity index is 1740. The normalized spacial score (nSPS) is 16.5. The zero-order valence-corrected chi connectivity index (χ0v) is 23.8. The van der Waals surface area contributed by atoms with E-state index in [-0.39, 0.29) is 5.56 Å². The van der Waals surface area contributed by atoms with Crippen molar-refractivity contribution in [3.63, 3.8) is 0 Å². The average Bonchev–Trinajstić information content (AvgIpc) is 3.62. The van der Waals surface area contributed by atoms with Crippen LogP contribution in [0.2, 0.25) is 0 Å². The number of nitriles is 3. The molecule has 0 amide bonds. The Kier molecular flexibility index (Phi) is 8.95. The van der Waals surface area contributed by atoms with Crippen molar-refractivity contribution >= 4 is 29.6 Å². The molecule has 0 fully saturated rings. The van der Waals surface area contributed by atoms with E-state index in [2.05, 4.69) is 0 Å². The van der Waals surface area contributed by atoms with Gasteiger partial charge in [-0.3, -0.25) is 0 Å². The number of hydrogen-bond acceptors (Lipinski definition) is 8. The summed E-state index contributed by atoms with van der Waals surface area (Å²) in [6.07, 6.45) is 1.09. The maximum absolute atomic E-state index is 14.9. The Morgan fingerprint density at radius 3 is 1.91 bits per heavy atom. The monoisotopic (exact) mass is 601 g/mol. The van der Waals surface area contributed by atoms with Crippen molar-refractivity contribution in [1.29, 1.82) is 15.8 Å². The lowest BCUT2D eigenvalue weighted by molar-refractivity contribution is -0.249. The molecular weight excluding hydrogens is 579 g/mol. The van der Waals surface area contributed by atoms with E-state index in [0.29, 0.717) is 27.7 Å². The van der Waals surface area contributed by atoms with Crippen molar-refractivity contribution in [1.82, 2.24) is 0 Å². The van der Waals surface area contributed by atoms with Crippen LogP contribution in [0.1, 0.15) is 20.9 Å². The average molecular weight is 602 g/mol. The minimum atomic E-state index is -5.06. The van der Waals surface area contributed by atoms with E-state index < -0.39 is 34.3 Å². The summed E-state index contributed by atoms with van der Waals surface area (Å²) in [5.74, 6) is 0.870. The fourth-order valence-electron chi connectivity index (χ4n) is 4.51. The molecule has 1 aliphatic heterocycles. The zero-order chi connectivity index (χ0) is 31.2. The van der Waals surface area contributed by atoms with E-state index in [1.54, 1.807) is 42.5 Å². The third-order valence-electron chi connectivity index (χ3n) is 6.50. The molecule has 3 aromatic rings. The van der Waals surface area contributed by atoms with E-state index >= 15 is 0 Å². The first-order valence-corrected chi connectivity index (χ1v) is 13.3. The van der Waals surface area contributed by atoms with Gasteiger partial charge in [-0.05, 0) is 30.4 Å². The van der Waals surface area contributed by atoms with Gasteiger partial charge in [0.2, 0.25) is 0 Å². The third-order valence-corrected chi connectivity index (χ3v) is 7.52. The molecule has 1 atom stereocenters. The number of halogens is 3. The van der Waals surface area contributed by atoms with Crippen LogP contribution in [0.25, 0.3) is 18.2 Å². The maximum atomic E-state index is 14.9. The molecule has 1 unspecified atom stereocenters. The Hall–Kier alpha value is -5.44. The number of methoxy groups -OCH3 is 3. The topological polar surface area (TPSA) is 108 Å². The van der Waals surface area contributed by atoms with E-state index in [0.717, 1.165) is 11.0 Å². The van der Waals surface area contributed by atoms with Crippen LogP contribution in [0, 0.1) is 34.0 Å². The molecule has 0 bridgehead atoms. The largest absolute Gasteiger partial charge is 0.496 e. The van der Waals surface area contributed by atoms with Crippen molar-refractivity contribution in [3.05, 3.63) is 104 Å². The van der Waals surface area contributed by atoms with Gasteiger partial charge in [-0.15, -0.1) is 11.3 Å². The quantitative estimate of drug-likeness (QED) is 0.245. The van der Waals surface area contributed by atoms with Crippen molar-refractivity contribution in [2.24, 2.45) is 0 Å². The molecule has 216 valence electrons. The van der Waals surface area contributed by atoms with Gasteiger partial charge >= 0.3 is 6.18 Å². The second kappa shape index (κ2) is 12.6. The minimum Gasteiger partial charge on any atom is -0.496 e. The third kappa shape index (κ3) is 5.70. The van der Waals surface area contributed by atoms with Crippen LogP contribution in [0.3, 0.4) is 0 Å². The summed E-state index contributed by atoms with van der Waals surface area (Å²) in [6.45, 7) is 0. The lowest BCUT2D eigenvalue weighted by Crippen LogP contribution is -2.43. The summed E-state index contributed by atoms with van der Waals surface area (Å²) < 4.78 is 66.5. The molecule has 11 heteroatoms. The molecular formula is C32H22F3N3O4S. The molecule has 0 radical (unpaired) electrons. The first-order valence-electron chi connectivity index (χ1n) is 12.4. The van der Waals surface area contributed by atoms with Crippen LogP contribution in [0.15, 0.2) is 83.2 Å². The molecule has 0 aliphatic carbocycles. The van der Waals surface area contributed by atoms with Gasteiger partial charge in [-0.2, -0.15) is 29.0 Å². The number of nitrogens with zero attached hydrogens (tertiary/aromatic N) is 3. The first-order chi connectivity index (χ1) is 20.7. The fourth-order valence-corrected chi connectivity index (χ4v) is 5.33. The molecule has 2 heterocycles. The van der Waals surface area contributed by atoms with E-state index in [9.17, 15) is 29.0 Å².